The lowest BCUT2D eigenvalue weighted by Gasteiger charge is -2.41. The van der Waals surface area contributed by atoms with Crippen LogP contribution in [0.1, 0.15) is 89.9 Å². The minimum atomic E-state index is -0.671. The molecular weight excluding hydrogens is 394 g/mol. The highest BCUT2D eigenvalue weighted by atomic mass is 16.6. The number of nitrogens with one attached hydrogen (secondary N) is 1. The molecule has 4 aliphatic rings. The molecule has 7 nitrogen and oxygen atoms in total. The molecule has 2 saturated heterocycles. The predicted molar refractivity (Wildman–Crippen MR) is 119 cm³/mol. The van der Waals surface area contributed by atoms with E-state index in [0.717, 1.165) is 38.1 Å². The second kappa shape index (κ2) is 10.6. The zero-order chi connectivity index (χ0) is 21.8. The fourth-order valence-electron chi connectivity index (χ4n) is 7.21. The van der Waals surface area contributed by atoms with Crippen molar-refractivity contribution in [2.75, 3.05) is 13.1 Å². The molecule has 0 spiro atoms. The van der Waals surface area contributed by atoms with E-state index < -0.39 is 12.0 Å². The van der Waals surface area contributed by atoms with Crippen LogP contribution >= 0.6 is 0 Å². The quantitative estimate of drug-likeness (QED) is 0.436. The van der Waals surface area contributed by atoms with Crippen LogP contribution in [-0.2, 0) is 4.79 Å². The lowest BCUT2D eigenvalue weighted by atomic mass is 9.71. The number of nitrogens with zero attached hydrogens (tertiary/aromatic N) is 2. The molecule has 2 aliphatic carbocycles. The minimum absolute atomic E-state index is 0.128. The molecule has 4 fully saturated rings. The first kappa shape index (κ1) is 23.0. The minimum Gasteiger partial charge on any atom is -0.481 e. The molecule has 2 aliphatic heterocycles. The van der Waals surface area contributed by atoms with Crippen LogP contribution in [0.2, 0.25) is 0 Å². The molecule has 6 atom stereocenters. The molecule has 2 heterocycles. The third-order valence-corrected chi connectivity index (χ3v) is 8.95. The first-order valence-corrected chi connectivity index (χ1v) is 12.9. The number of carboxylic acid groups (broad SMARTS) is 1. The van der Waals surface area contributed by atoms with Gasteiger partial charge < -0.3 is 5.11 Å². The molecule has 0 aromatic rings. The second-order valence-corrected chi connectivity index (χ2v) is 10.8. The van der Waals surface area contributed by atoms with Gasteiger partial charge in [0.2, 0.25) is 6.04 Å². The first-order chi connectivity index (χ1) is 15.0. The van der Waals surface area contributed by atoms with E-state index in [-0.39, 0.29) is 11.1 Å². The van der Waals surface area contributed by atoms with Crippen molar-refractivity contribution in [2.45, 2.75) is 108 Å². The van der Waals surface area contributed by atoms with Crippen LogP contribution in [0.3, 0.4) is 0 Å². The van der Waals surface area contributed by atoms with Crippen LogP contribution in [0, 0.1) is 33.8 Å². The maximum absolute atomic E-state index is 11.2. The highest BCUT2D eigenvalue weighted by Crippen LogP contribution is 2.46. The molecule has 31 heavy (non-hydrogen) atoms. The number of hydrogen-bond acceptors (Lipinski definition) is 5. The van der Waals surface area contributed by atoms with E-state index in [1.54, 1.807) is 0 Å². The Balaban J connectivity index is 1.38. The molecule has 4 rings (SSSR count). The van der Waals surface area contributed by atoms with Crippen molar-refractivity contribution in [3.63, 3.8) is 0 Å². The van der Waals surface area contributed by atoms with Gasteiger partial charge in [0.1, 0.15) is 0 Å². The van der Waals surface area contributed by atoms with Gasteiger partial charge in [0.15, 0.2) is 0 Å². The second-order valence-electron chi connectivity index (χ2n) is 10.8. The zero-order valence-corrected chi connectivity index (χ0v) is 18.9. The Morgan fingerprint density at radius 2 is 1.81 bits per heavy atom. The topological polar surface area (TPSA) is 95.7 Å². The fraction of sp³-hybridized carbons (Fsp3) is 0.958. The smallest absolute Gasteiger partial charge is 0.303 e. The van der Waals surface area contributed by atoms with Gasteiger partial charge in [-0.3, -0.25) is 25.1 Å². The number of aliphatic carboxylic acids is 1. The van der Waals surface area contributed by atoms with Crippen molar-refractivity contribution in [2.24, 2.45) is 23.7 Å². The molecule has 5 unspecified atom stereocenters. The van der Waals surface area contributed by atoms with Crippen LogP contribution < -0.4 is 5.32 Å². The summed E-state index contributed by atoms with van der Waals surface area (Å²) in [4.78, 5) is 24.8. The summed E-state index contributed by atoms with van der Waals surface area (Å²) in [5.41, 5.74) is 0. The van der Waals surface area contributed by atoms with Crippen molar-refractivity contribution in [3.8, 4) is 0 Å². The Morgan fingerprint density at radius 1 is 1.00 bits per heavy atom. The van der Waals surface area contributed by atoms with E-state index in [2.05, 4.69) is 10.2 Å². The van der Waals surface area contributed by atoms with Crippen LogP contribution in [0.15, 0.2) is 0 Å². The third kappa shape index (κ3) is 5.78. The summed E-state index contributed by atoms with van der Waals surface area (Å²) in [5.74, 6) is 2.16. The molecule has 176 valence electrons. The first-order valence-electron chi connectivity index (χ1n) is 12.9. The van der Waals surface area contributed by atoms with Crippen LogP contribution in [0.5, 0.6) is 0 Å². The molecular formula is C24H41N3O4. The van der Waals surface area contributed by atoms with Crippen molar-refractivity contribution in [1.29, 1.82) is 0 Å². The Kier molecular flexibility index (Phi) is 7.86. The molecule has 0 amide bonds. The van der Waals surface area contributed by atoms with Gasteiger partial charge in [-0.05, 0) is 62.2 Å². The van der Waals surface area contributed by atoms with Gasteiger partial charge in [-0.25, -0.2) is 0 Å². The Labute approximate surface area is 186 Å². The third-order valence-electron chi connectivity index (χ3n) is 8.95. The van der Waals surface area contributed by atoms with E-state index in [4.69, 9.17) is 5.11 Å². The van der Waals surface area contributed by atoms with Gasteiger partial charge in [0.05, 0.1) is 12.7 Å². The Morgan fingerprint density at radius 3 is 2.48 bits per heavy atom. The molecule has 2 saturated carbocycles. The number of rotatable bonds is 8. The number of hydrogen-bond donors (Lipinski definition) is 2. The standard InChI is InChI=1S/C24H41N3O4/c28-24(29)13-8-18-7-11-22-21(14-18)19(9-6-17-4-2-1-3-5-17)16-26(22)23-12-10-20(15-25-23)27(30)31/h17-23,25H,1-16H2,(H,28,29)/t18?,19?,20?,21-,22?,23?/m1/s1. The van der Waals surface area contributed by atoms with Gasteiger partial charge in [0, 0.05) is 30.4 Å². The van der Waals surface area contributed by atoms with E-state index >= 15 is 0 Å². The predicted octanol–water partition coefficient (Wildman–Crippen LogP) is 4.28. The van der Waals surface area contributed by atoms with Gasteiger partial charge in [0.25, 0.3) is 0 Å². The molecule has 0 radical (unpaired) electrons. The maximum Gasteiger partial charge on any atom is 0.303 e. The fourth-order valence-corrected chi connectivity index (χ4v) is 7.21. The summed E-state index contributed by atoms with van der Waals surface area (Å²) in [6.45, 7) is 1.61. The van der Waals surface area contributed by atoms with Crippen LogP contribution in [-0.4, -0.2) is 52.2 Å². The van der Waals surface area contributed by atoms with E-state index in [0.29, 0.717) is 43.2 Å². The molecule has 7 heteroatoms. The van der Waals surface area contributed by atoms with E-state index in [1.165, 1.54) is 51.4 Å². The average Bonchev–Trinajstić information content (AvgIpc) is 3.15. The summed E-state index contributed by atoms with van der Waals surface area (Å²) < 4.78 is 0. The highest BCUT2D eigenvalue weighted by molar-refractivity contribution is 5.66. The summed E-state index contributed by atoms with van der Waals surface area (Å²) in [7, 11) is 0. The maximum atomic E-state index is 11.2. The number of likely N-dealkylation sites (tertiary alicyclic amines) is 1. The van der Waals surface area contributed by atoms with Crippen LogP contribution in [0.4, 0.5) is 0 Å². The average molecular weight is 436 g/mol. The Bertz CT molecular complexity index is 616. The van der Waals surface area contributed by atoms with E-state index in [9.17, 15) is 14.9 Å². The summed E-state index contributed by atoms with van der Waals surface area (Å²) in [6, 6.07) is 0.130. The molecule has 0 aromatic heterocycles. The molecule has 0 bridgehead atoms. The van der Waals surface area contributed by atoms with Crippen molar-refractivity contribution < 1.29 is 14.8 Å². The van der Waals surface area contributed by atoms with Crippen molar-refractivity contribution in [1.82, 2.24) is 10.2 Å². The number of piperidine rings is 1. The highest BCUT2D eigenvalue weighted by Gasteiger charge is 2.47. The zero-order valence-electron chi connectivity index (χ0n) is 18.9. The van der Waals surface area contributed by atoms with Crippen molar-refractivity contribution in [3.05, 3.63) is 10.1 Å². The molecule has 2 N–H and O–H groups in total. The number of fused-ring (bicyclic) bond motifs is 1. The van der Waals surface area contributed by atoms with Crippen molar-refractivity contribution >= 4 is 5.97 Å². The van der Waals surface area contributed by atoms with Gasteiger partial charge in [-0.2, -0.15) is 0 Å². The number of carbonyl (C=O) groups is 1. The summed E-state index contributed by atoms with van der Waals surface area (Å²) >= 11 is 0. The largest absolute Gasteiger partial charge is 0.481 e. The van der Waals surface area contributed by atoms with Gasteiger partial charge in [-0.1, -0.05) is 38.5 Å². The lowest BCUT2D eigenvalue weighted by molar-refractivity contribution is -0.523. The van der Waals surface area contributed by atoms with E-state index in [1.807, 2.05) is 0 Å². The summed E-state index contributed by atoms with van der Waals surface area (Å²) in [5, 5.41) is 23.8. The number of carboxylic acids is 1. The van der Waals surface area contributed by atoms with Gasteiger partial charge >= 0.3 is 5.97 Å². The summed E-state index contributed by atoms with van der Waals surface area (Å²) in [6.07, 6.45) is 16.1. The number of nitro groups is 1. The lowest BCUT2D eigenvalue weighted by Crippen LogP contribution is -2.55. The van der Waals surface area contributed by atoms with Crippen LogP contribution in [0.25, 0.3) is 0 Å². The SMILES string of the molecule is O=C(O)CCC1CCC2[C@H](C1)C(CCC1CCCCC1)CN2C1CCC([N+](=O)[O-])CN1. The Hall–Kier alpha value is -1.21. The monoisotopic (exact) mass is 435 g/mol. The van der Waals surface area contributed by atoms with Gasteiger partial charge in [-0.15, -0.1) is 0 Å². The normalized spacial score (nSPS) is 37.4. The molecule has 0 aromatic carbocycles.